The van der Waals surface area contributed by atoms with E-state index in [4.69, 9.17) is 4.74 Å². The first-order valence-corrected chi connectivity index (χ1v) is 10.9. The van der Waals surface area contributed by atoms with Crippen molar-refractivity contribution in [2.24, 2.45) is 0 Å². The number of ether oxygens (including phenoxy) is 2. The molecule has 2 N–H and O–H groups in total. The second-order valence-corrected chi connectivity index (χ2v) is 7.89. The van der Waals surface area contributed by atoms with E-state index in [9.17, 15) is 18.8 Å². The summed E-state index contributed by atoms with van der Waals surface area (Å²) >= 11 is 0. The monoisotopic (exact) mass is 474 g/mol. The fraction of sp³-hybridized carbons (Fsp3) is 0.148. The molecular weight excluding hydrogens is 451 g/mol. The molecule has 0 aliphatic rings. The third-order valence-corrected chi connectivity index (χ3v) is 5.55. The summed E-state index contributed by atoms with van der Waals surface area (Å²) in [6.07, 6.45) is 1.98. The van der Waals surface area contributed by atoms with Gasteiger partial charge in [-0.05, 0) is 53.6 Å². The van der Waals surface area contributed by atoms with Crippen LogP contribution in [0, 0.1) is 5.82 Å². The van der Waals surface area contributed by atoms with Crippen LogP contribution in [-0.2, 0) is 27.3 Å². The normalized spacial score (nSPS) is 11.6. The molecule has 1 atom stereocenters. The Labute approximate surface area is 200 Å². The first-order valence-electron chi connectivity index (χ1n) is 10.9. The van der Waals surface area contributed by atoms with Crippen LogP contribution in [0.25, 0.3) is 10.9 Å². The number of H-pyrrole nitrogens is 1. The Balaban J connectivity index is 1.50. The molecule has 0 unspecified atom stereocenters. The van der Waals surface area contributed by atoms with E-state index in [-0.39, 0.29) is 18.6 Å². The van der Waals surface area contributed by atoms with Crippen LogP contribution in [0.2, 0.25) is 0 Å². The topological polar surface area (TPSA) is 97.5 Å². The quantitative estimate of drug-likeness (QED) is 0.374. The molecular formula is C27H23FN2O5. The van der Waals surface area contributed by atoms with Gasteiger partial charge in [-0.15, -0.1) is 0 Å². The Hall–Kier alpha value is -4.46. The van der Waals surface area contributed by atoms with Crippen LogP contribution in [-0.4, -0.2) is 36.0 Å². The fourth-order valence-corrected chi connectivity index (χ4v) is 3.67. The van der Waals surface area contributed by atoms with E-state index < -0.39 is 29.7 Å². The highest BCUT2D eigenvalue weighted by molar-refractivity contribution is 5.97. The van der Waals surface area contributed by atoms with Crippen molar-refractivity contribution in [1.82, 2.24) is 10.3 Å². The number of carbonyl (C=O) groups excluding carboxylic acids is 3. The van der Waals surface area contributed by atoms with Gasteiger partial charge in [-0.2, -0.15) is 0 Å². The number of hydrogen-bond acceptors (Lipinski definition) is 5. The average Bonchev–Trinajstić information content (AvgIpc) is 3.29. The highest BCUT2D eigenvalue weighted by atomic mass is 19.1. The number of para-hydroxylation sites is 1. The molecule has 4 rings (SSSR count). The van der Waals surface area contributed by atoms with Gasteiger partial charge in [-0.1, -0.05) is 30.3 Å². The van der Waals surface area contributed by atoms with Crippen molar-refractivity contribution in [3.05, 3.63) is 107 Å². The number of fused-ring (bicyclic) bond motifs is 1. The lowest BCUT2D eigenvalue weighted by molar-refractivity contribution is -0.147. The van der Waals surface area contributed by atoms with E-state index in [1.807, 2.05) is 24.3 Å². The number of nitrogens with one attached hydrogen (secondary N) is 2. The molecule has 0 bridgehead atoms. The fourth-order valence-electron chi connectivity index (χ4n) is 3.67. The maximum Gasteiger partial charge on any atom is 0.337 e. The van der Waals surface area contributed by atoms with Gasteiger partial charge in [0.05, 0.1) is 12.7 Å². The van der Waals surface area contributed by atoms with Gasteiger partial charge >= 0.3 is 11.9 Å². The van der Waals surface area contributed by atoms with Crippen LogP contribution >= 0.6 is 0 Å². The predicted molar refractivity (Wildman–Crippen MR) is 127 cm³/mol. The predicted octanol–water partition coefficient (Wildman–Crippen LogP) is 4.18. The molecule has 0 spiro atoms. The highest BCUT2D eigenvalue weighted by Crippen LogP contribution is 2.20. The average molecular weight is 474 g/mol. The zero-order valence-corrected chi connectivity index (χ0v) is 18.9. The molecule has 0 fully saturated rings. The van der Waals surface area contributed by atoms with E-state index in [1.54, 1.807) is 30.5 Å². The summed E-state index contributed by atoms with van der Waals surface area (Å²) in [6.45, 7) is -0.0446. The molecule has 178 valence electrons. The Morgan fingerprint density at radius 3 is 2.34 bits per heavy atom. The minimum absolute atomic E-state index is 0.0446. The third kappa shape index (κ3) is 5.73. The van der Waals surface area contributed by atoms with Crippen molar-refractivity contribution in [1.29, 1.82) is 0 Å². The molecule has 0 aliphatic carbocycles. The molecule has 3 aromatic carbocycles. The number of carbonyl (C=O) groups is 3. The number of halogens is 1. The molecule has 4 aromatic rings. The van der Waals surface area contributed by atoms with Gasteiger partial charge in [0.1, 0.15) is 18.5 Å². The Morgan fingerprint density at radius 1 is 0.943 bits per heavy atom. The smallest absolute Gasteiger partial charge is 0.337 e. The zero-order chi connectivity index (χ0) is 24.8. The van der Waals surface area contributed by atoms with Crippen molar-refractivity contribution in [2.75, 3.05) is 7.11 Å². The van der Waals surface area contributed by atoms with E-state index >= 15 is 0 Å². The molecule has 8 heteroatoms. The second kappa shape index (κ2) is 10.6. The standard InChI is InChI=1S/C27H23FN2O5/c1-34-26(32)19-8-6-17(7-9-19)16-35-27(33)24(30-25(31)18-10-12-21(28)13-11-18)14-20-15-29-23-5-3-2-4-22(20)23/h2-13,15,24,29H,14,16H2,1H3,(H,30,31)/t24-/m1/s1. The van der Waals surface area contributed by atoms with Crippen molar-refractivity contribution in [3.63, 3.8) is 0 Å². The summed E-state index contributed by atoms with van der Waals surface area (Å²) in [5.41, 5.74) is 3.02. The SMILES string of the molecule is COC(=O)c1ccc(COC(=O)[C@@H](Cc2c[nH]c3ccccc23)NC(=O)c2ccc(F)cc2)cc1. The van der Waals surface area contributed by atoms with Crippen LogP contribution in [0.4, 0.5) is 4.39 Å². The molecule has 1 aromatic heterocycles. The van der Waals surface area contributed by atoms with E-state index in [2.05, 4.69) is 15.0 Å². The van der Waals surface area contributed by atoms with Crippen LogP contribution < -0.4 is 5.32 Å². The minimum Gasteiger partial charge on any atom is -0.465 e. The Morgan fingerprint density at radius 2 is 1.63 bits per heavy atom. The van der Waals surface area contributed by atoms with Crippen molar-refractivity contribution in [2.45, 2.75) is 19.1 Å². The zero-order valence-electron chi connectivity index (χ0n) is 18.9. The van der Waals surface area contributed by atoms with E-state index in [1.165, 1.54) is 31.4 Å². The first kappa shape index (κ1) is 23.7. The number of esters is 2. The van der Waals surface area contributed by atoms with Crippen molar-refractivity contribution < 1.29 is 28.2 Å². The number of amides is 1. The number of aromatic nitrogens is 1. The number of rotatable bonds is 8. The van der Waals surface area contributed by atoms with Gasteiger partial charge in [0.2, 0.25) is 0 Å². The third-order valence-electron chi connectivity index (χ3n) is 5.55. The van der Waals surface area contributed by atoms with Gasteiger partial charge in [-0.25, -0.2) is 14.0 Å². The summed E-state index contributed by atoms with van der Waals surface area (Å²) in [5, 5.41) is 3.64. The largest absolute Gasteiger partial charge is 0.465 e. The van der Waals surface area contributed by atoms with Gasteiger partial charge < -0.3 is 19.8 Å². The summed E-state index contributed by atoms with van der Waals surface area (Å²) in [6, 6.07) is 18.2. The van der Waals surface area contributed by atoms with Gasteiger partial charge in [0, 0.05) is 29.1 Å². The molecule has 35 heavy (non-hydrogen) atoms. The number of hydrogen-bond donors (Lipinski definition) is 2. The van der Waals surface area contributed by atoms with Gasteiger partial charge in [0.25, 0.3) is 5.91 Å². The van der Waals surface area contributed by atoms with Crippen LogP contribution in [0.15, 0.2) is 79.0 Å². The first-order chi connectivity index (χ1) is 16.9. The molecule has 0 radical (unpaired) electrons. The van der Waals surface area contributed by atoms with Gasteiger partial charge in [-0.3, -0.25) is 4.79 Å². The van der Waals surface area contributed by atoms with Crippen molar-refractivity contribution in [3.8, 4) is 0 Å². The molecule has 0 saturated carbocycles. The summed E-state index contributed by atoms with van der Waals surface area (Å²) in [5.74, 6) is -2.07. The summed E-state index contributed by atoms with van der Waals surface area (Å²) in [4.78, 5) is 40.6. The number of methoxy groups -OCH3 is 1. The van der Waals surface area contributed by atoms with Crippen LogP contribution in [0.5, 0.6) is 0 Å². The Kier molecular flexibility index (Phi) is 7.21. The van der Waals surface area contributed by atoms with Gasteiger partial charge in [0.15, 0.2) is 0 Å². The number of aromatic amines is 1. The lowest BCUT2D eigenvalue weighted by Crippen LogP contribution is -2.43. The lowest BCUT2D eigenvalue weighted by Gasteiger charge is -2.18. The highest BCUT2D eigenvalue weighted by Gasteiger charge is 2.25. The lowest BCUT2D eigenvalue weighted by atomic mass is 10.0. The van der Waals surface area contributed by atoms with E-state index in [0.29, 0.717) is 11.1 Å². The van der Waals surface area contributed by atoms with E-state index in [0.717, 1.165) is 16.5 Å². The van der Waals surface area contributed by atoms with Crippen LogP contribution in [0.3, 0.4) is 0 Å². The molecule has 0 aliphatic heterocycles. The van der Waals surface area contributed by atoms with Crippen molar-refractivity contribution >= 4 is 28.7 Å². The molecule has 1 heterocycles. The van der Waals surface area contributed by atoms with Crippen LogP contribution in [0.1, 0.15) is 31.8 Å². The summed E-state index contributed by atoms with van der Waals surface area (Å²) in [7, 11) is 1.30. The second-order valence-electron chi connectivity index (χ2n) is 7.89. The molecule has 1 amide bonds. The summed E-state index contributed by atoms with van der Waals surface area (Å²) < 4.78 is 23.4. The number of benzene rings is 3. The maximum absolute atomic E-state index is 13.3. The Bertz CT molecular complexity index is 1350. The maximum atomic E-state index is 13.3. The molecule has 0 saturated heterocycles. The molecule has 7 nitrogen and oxygen atoms in total. The minimum atomic E-state index is -0.985.